The first-order valence-electron chi connectivity index (χ1n) is 9.42. The average molecular weight is 347 g/mol. The molecule has 136 valence electrons. The number of halogens is 1. The van der Waals surface area contributed by atoms with E-state index in [1.54, 1.807) is 13.2 Å². The van der Waals surface area contributed by atoms with Gasteiger partial charge in [0.25, 0.3) is 0 Å². The fourth-order valence-electron chi connectivity index (χ4n) is 4.73. The quantitative estimate of drug-likeness (QED) is 0.889. The number of ether oxygens (including phenoxy) is 2. The van der Waals surface area contributed by atoms with Crippen LogP contribution in [0.15, 0.2) is 18.2 Å². The van der Waals surface area contributed by atoms with Gasteiger partial charge >= 0.3 is 0 Å². The molecule has 0 aromatic heterocycles. The van der Waals surface area contributed by atoms with Crippen LogP contribution < -0.4 is 10.1 Å². The van der Waals surface area contributed by atoms with Crippen molar-refractivity contribution in [2.24, 2.45) is 17.8 Å². The van der Waals surface area contributed by atoms with E-state index >= 15 is 0 Å². The van der Waals surface area contributed by atoms with Gasteiger partial charge in [-0.05, 0) is 37.0 Å². The predicted octanol–water partition coefficient (Wildman–Crippen LogP) is 3.26. The Balaban J connectivity index is 1.36. The summed E-state index contributed by atoms with van der Waals surface area (Å²) < 4.78 is 24.9. The Kier molecular flexibility index (Phi) is 4.67. The van der Waals surface area contributed by atoms with Crippen molar-refractivity contribution in [1.82, 2.24) is 5.32 Å². The molecule has 3 aliphatic rings. The Morgan fingerprint density at radius 1 is 1.36 bits per heavy atom. The number of nitrogens with one attached hydrogen (secondary N) is 1. The van der Waals surface area contributed by atoms with Crippen LogP contribution >= 0.6 is 0 Å². The topological polar surface area (TPSA) is 47.6 Å². The van der Waals surface area contributed by atoms with Crippen LogP contribution in [0.3, 0.4) is 0 Å². The second-order valence-electron chi connectivity index (χ2n) is 7.63. The van der Waals surface area contributed by atoms with Gasteiger partial charge in [0.2, 0.25) is 5.91 Å². The maximum atomic E-state index is 13.5. The highest BCUT2D eigenvalue weighted by Crippen LogP contribution is 2.59. The lowest BCUT2D eigenvalue weighted by molar-refractivity contribution is -0.123. The number of methoxy groups -OCH3 is 1. The highest BCUT2D eigenvalue weighted by atomic mass is 19.1. The molecule has 1 N–H and O–H groups in total. The Labute approximate surface area is 148 Å². The molecular weight excluding hydrogens is 321 g/mol. The van der Waals surface area contributed by atoms with Crippen LogP contribution in [-0.2, 0) is 9.53 Å². The summed E-state index contributed by atoms with van der Waals surface area (Å²) in [5.41, 5.74) is 0.840. The van der Waals surface area contributed by atoms with Gasteiger partial charge in [-0.3, -0.25) is 4.79 Å². The standard InChI is InChI=1S/C20H26FNO3/c1-24-17(12-5-3-2-4-6-12)10-22-20(23)19-15-11-25-16-8-7-13(21)9-14(16)18(15)19/h7-9,12,15,17-19H,2-6,10-11H2,1H3,(H,22,23). The minimum atomic E-state index is -0.272. The molecule has 5 heteroatoms. The summed E-state index contributed by atoms with van der Waals surface area (Å²) >= 11 is 0. The second-order valence-corrected chi connectivity index (χ2v) is 7.63. The molecule has 0 bridgehead atoms. The SMILES string of the molecule is COC(CNC(=O)C1C2COc3ccc(F)cc3C21)C1CCCCC1. The van der Waals surface area contributed by atoms with Gasteiger partial charge in [-0.15, -0.1) is 0 Å². The molecule has 2 aliphatic carbocycles. The minimum absolute atomic E-state index is 0.0496. The lowest BCUT2D eigenvalue weighted by atomic mass is 9.85. The van der Waals surface area contributed by atoms with Crippen LogP contribution in [0.2, 0.25) is 0 Å². The number of carbonyl (C=O) groups excluding carboxylic acids is 1. The minimum Gasteiger partial charge on any atom is -0.493 e. The number of rotatable bonds is 5. The van der Waals surface area contributed by atoms with E-state index in [1.165, 1.54) is 44.2 Å². The number of carbonyl (C=O) groups is 1. The monoisotopic (exact) mass is 347 g/mol. The maximum absolute atomic E-state index is 13.5. The molecule has 0 spiro atoms. The summed E-state index contributed by atoms with van der Waals surface area (Å²) in [4.78, 5) is 12.7. The summed E-state index contributed by atoms with van der Waals surface area (Å²) in [5, 5.41) is 3.08. The van der Waals surface area contributed by atoms with Crippen LogP contribution in [0.1, 0.15) is 43.6 Å². The molecule has 4 unspecified atom stereocenters. The molecule has 4 nitrogen and oxygen atoms in total. The Morgan fingerprint density at radius 3 is 2.92 bits per heavy atom. The molecule has 2 saturated carbocycles. The smallest absolute Gasteiger partial charge is 0.224 e. The van der Waals surface area contributed by atoms with Gasteiger partial charge < -0.3 is 14.8 Å². The highest BCUT2D eigenvalue weighted by molar-refractivity contribution is 5.84. The Bertz CT molecular complexity index is 644. The molecule has 25 heavy (non-hydrogen) atoms. The van der Waals surface area contributed by atoms with E-state index in [0.717, 1.165) is 11.3 Å². The van der Waals surface area contributed by atoms with E-state index < -0.39 is 0 Å². The summed E-state index contributed by atoms with van der Waals surface area (Å²) in [6.45, 7) is 1.10. The lowest BCUT2D eigenvalue weighted by Gasteiger charge is -2.29. The summed E-state index contributed by atoms with van der Waals surface area (Å²) in [7, 11) is 1.73. The number of hydrogen-bond acceptors (Lipinski definition) is 3. The van der Waals surface area contributed by atoms with Gasteiger partial charge in [0.05, 0.1) is 18.6 Å². The van der Waals surface area contributed by atoms with E-state index in [9.17, 15) is 9.18 Å². The van der Waals surface area contributed by atoms with Crippen molar-refractivity contribution in [2.75, 3.05) is 20.3 Å². The fourth-order valence-corrected chi connectivity index (χ4v) is 4.73. The third kappa shape index (κ3) is 3.26. The Morgan fingerprint density at radius 2 is 2.16 bits per heavy atom. The zero-order valence-electron chi connectivity index (χ0n) is 14.7. The number of amides is 1. The van der Waals surface area contributed by atoms with E-state index in [0.29, 0.717) is 19.1 Å². The molecule has 1 heterocycles. The molecule has 4 rings (SSSR count). The van der Waals surface area contributed by atoms with Crippen LogP contribution in [0.25, 0.3) is 0 Å². The van der Waals surface area contributed by atoms with Gasteiger partial charge in [-0.1, -0.05) is 19.3 Å². The van der Waals surface area contributed by atoms with Crippen LogP contribution in [0, 0.1) is 23.6 Å². The number of hydrogen-bond donors (Lipinski definition) is 1. The summed E-state index contributed by atoms with van der Waals surface area (Å²) in [6, 6.07) is 4.58. The fraction of sp³-hybridized carbons (Fsp3) is 0.650. The van der Waals surface area contributed by atoms with Crippen LogP contribution in [0.4, 0.5) is 4.39 Å². The second kappa shape index (κ2) is 6.94. The largest absolute Gasteiger partial charge is 0.493 e. The van der Waals surface area contributed by atoms with Crippen molar-refractivity contribution in [2.45, 2.75) is 44.1 Å². The average Bonchev–Trinajstić information content (AvgIpc) is 3.38. The normalized spacial score (nSPS) is 29.1. The van der Waals surface area contributed by atoms with E-state index in [2.05, 4.69) is 5.32 Å². The van der Waals surface area contributed by atoms with Gasteiger partial charge in [-0.25, -0.2) is 4.39 Å². The lowest BCUT2D eigenvalue weighted by Crippen LogP contribution is -2.39. The van der Waals surface area contributed by atoms with Crippen molar-refractivity contribution < 1.29 is 18.7 Å². The van der Waals surface area contributed by atoms with Gasteiger partial charge in [0.1, 0.15) is 11.6 Å². The first-order chi connectivity index (χ1) is 12.2. The van der Waals surface area contributed by atoms with E-state index in [4.69, 9.17) is 9.47 Å². The first kappa shape index (κ1) is 16.8. The first-order valence-corrected chi connectivity index (χ1v) is 9.42. The van der Waals surface area contributed by atoms with Gasteiger partial charge in [0.15, 0.2) is 0 Å². The van der Waals surface area contributed by atoms with E-state index in [1.807, 2.05) is 0 Å². The van der Waals surface area contributed by atoms with Crippen molar-refractivity contribution in [3.05, 3.63) is 29.6 Å². The Hall–Kier alpha value is -1.62. The van der Waals surface area contributed by atoms with Crippen molar-refractivity contribution in [1.29, 1.82) is 0 Å². The van der Waals surface area contributed by atoms with Gasteiger partial charge in [0, 0.05) is 31.1 Å². The van der Waals surface area contributed by atoms with Crippen LogP contribution in [-0.4, -0.2) is 32.3 Å². The molecule has 2 fully saturated rings. The van der Waals surface area contributed by atoms with Gasteiger partial charge in [-0.2, -0.15) is 0 Å². The zero-order chi connectivity index (χ0) is 17.4. The van der Waals surface area contributed by atoms with Crippen molar-refractivity contribution in [3.8, 4) is 5.75 Å². The van der Waals surface area contributed by atoms with Crippen molar-refractivity contribution >= 4 is 5.91 Å². The summed E-state index contributed by atoms with van der Waals surface area (Å²) in [5.74, 6) is 1.19. The van der Waals surface area contributed by atoms with Crippen LogP contribution in [0.5, 0.6) is 5.75 Å². The molecule has 1 aromatic rings. The maximum Gasteiger partial charge on any atom is 0.224 e. The van der Waals surface area contributed by atoms with Crippen molar-refractivity contribution in [3.63, 3.8) is 0 Å². The molecular formula is C20H26FNO3. The third-order valence-electron chi connectivity index (χ3n) is 6.19. The molecule has 0 saturated heterocycles. The molecule has 1 aliphatic heterocycles. The highest BCUT2D eigenvalue weighted by Gasteiger charge is 2.58. The number of fused-ring (bicyclic) bond motifs is 3. The zero-order valence-corrected chi connectivity index (χ0v) is 14.7. The summed E-state index contributed by atoms with van der Waals surface area (Å²) in [6.07, 6.45) is 6.27. The molecule has 0 radical (unpaired) electrons. The molecule has 4 atom stereocenters. The molecule has 1 aromatic carbocycles. The van der Waals surface area contributed by atoms with E-state index in [-0.39, 0.29) is 35.6 Å². The predicted molar refractivity (Wildman–Crippen MR) is 92.0 cm³/mol. The third-order valence-corrected chi connectivity index (χ3v) is 6.19. The number of benzene rings is 1. The molecule has 1 amide bonds.